The lowest BCUT2D eigenvalue weighted by atomic mass is 10.1. The van der Waals surface area contributed by atoms with E-state index >= 15 is 0 Å². The number of halogens is 1. The average molecular weight is 352 g/mol. The Morgan fingerprint density at radius 2 is 1.90 bits per heavy atom. The average Bonchev–Trinajstić information content (AvgIpc) is 2.47. The van der Waals surface area contributed by atoms with Gasteiger partial charge in [-0.25, -0.2) is 0 Å². The summed E-state index contributed by atoms with van der Waals surface area (Å²) in [6.45, 7) is 1.32. The number of ether oxygens (including phenoxy) is 1. The molecule has 2 N–H and O–H groups in total. The van der Waals surface area contributed by atoms with Gasteiger partial charge in [-0.05, 0) is 48.9 Å². The summed E-state index contributed by atoms with van der Waals surface area (Å²) in [5.41, 5.74) is 6.79. The Hall–Kier alpha value is -0.970. The minimum absolute atomic E-state index is 0.631. The Kier molecular flexibility index (Phi) is 6.43. The highest BCUT2D eigenvalue weighted by Gasteiger charge is 2.04. The molecule has 0 bridgehead atoms. The molecular formula is C16H18BrNOS. The lowest BCUT2D eigenvalue weighted by Gasteiger charge is -2.11. The molecule has 2 aromatic carbocycles. The smallest absolute Gasteiger partial charge is 0.122 e. The third kappa shape index (κ3) is 4.85. The van der Waals surface area contributed by atoms with E-state index in [1.807, 2.05) is 18.2 Å². The van der Waals surface area contributed by atoms with Gasteiger partial charge in [-0.2, -0.15) is 0 Å². The highest BCUT2D eigenvalue weighted by Crippen LogP contribution is 2.24. The van der Waals surface area contributed by atoms with Crippen molar-refractivity contribution < 1.29 is 4.74 Å². The monoisotopic (exact) mass is 351 g/mol. The molecule has 0 aliphatic rings. The molecule has 2 aromatic rings. The minimum Gasteiger partial charge on any atom is -0.492 e. The van der Waals surface area contributed by atoms with Gasteiger partial charge in [0.1, 0.15) is 5.75 Å². The molecule has 0 aromatic heterocycles. The second-order valence-corrected chi connectivity index (χ2v) is 6.38. The number of thioether (sulfide) groups is 1. The van der Waals surface area contributed by atoms with Crippen LogP contribution in [0.4, 0.5) is 0 Å². The summed E-state index contributed by atoms with van der Waals surface area (Å²) >= 11 is 5.28. The van der Waals surface area contributed by atoms with Crippen LogP contribution in [0.1, 0.15) is 5.56 Å². The van der Waals surface area contributed by atoms with Gasteiger partial charge >= 0.3 is 0 Å². The van der Waals surface area contributed by atoms with Gasteiger partial charge in [0, 0.05) is 15.1 Å². The van der Waals surface area contributed by atoms with Crippen molar-refractivity contribution in [2.75, 3.05) is 18.9 Å². The van der Waals surface area contributed by atoms with E-state index in [-0.39, 0.29) is 0 Å². The summed E-state index contributed by atoms with van der Waals surface area (Å²) in [4.78, 5) is 1.27. The minimum atomic E-state index is 0.631. The van der Waals surface area contributed by atoms with Gasteiger partial charge < -0.3 is 10.5 Å². The molecule has 0 heterocycles. The standard InChI is InChI=1S/C16H18BrNOS/c17-14-6-7-16(13(12-14)8-9-18)19-10-11-20-15-4-2-1-3-5-15/h1-7,12H,8-11,18H2. The largest absolute Gasteiger partial charge is 0.492 e. The predicted molar refractivity (Wildman–Crippen MR) is 89.6 cm³/mol. The molecule has 20 heavy (non-hydrogen) atoms. The van der Waals surface area contributed by atoms with Crippen LogP contribution >= 0.6 is 27.7 Å². The van der Waals surface area contributed by atoms with Gasteiger partial charge in [-0.1, -0.05) is 34.1 Å². The maximum absolute atomic E-state index is 5.87. The molecule has 4 heteroatoms. The number of nitrogens with two attached hydrogens (primary N) is 1. The van der Waals surface area contributed by atoms with Crippen molar-refractivity contribution in [2.45, 2.75) is 11.3 Å². The van der Waals surface area contributed by atoms with Crippen LogP contribution < -0.4 is 10.5 Å². The lowest BCUT2D eigenvalue weighted by Crippen LogP contribution is -2.07. The Morgan fingerprint density at radius 1 is 1.10 bits per heavy atom. The molecule has 0 amide bonds. The summed E-state index contributed by atoms with van der Waals surface area (Å²) in [6, 6.07) is 16.4. The number of rotatable bonds is 7. The van der Waals surface area contributed by atoms with Crippen molar-refractivity contribution in [3.63, 3.8) is 0 Å². The van der Waals surface area contributed by atoms with E-state index in [2.05, 4.69) is 46.3 Å². The van der Waals surface area contributed by atoms with Gasteiger partial charge in [-0.15, -0.1) is 11.8 Å². The molecule has 0 unspecified atom stereocenters. The fraction of sp³-hybridized carbons (Fsp3) is 0.250. The third-order valence-electron chi connectivity index (χ3n) is 2.79. The van der Waals surface area contributed by atoms with Crippen LogP contribution in [0.5, 0.6) is 5.75 Å². The molecule has 0 aliphatic carbocycles. The Balaban J connectivity index is 1.84. The van der Waals surface area contributed by atoms with Crippen LogP contribution in [0, 0.1) is 0 Å². The first-order chi connectivity index (χ1) is 9.79. The highest BCUT2D eigenvalue weighted by molar-refractivity contribution is 9.10. The van der Waals surface area contributed by atoms with E-state index < -0.39 is 0 Å². The molecule has 106 valence electrons. The number of benzene rings is 2. The number of hydrogen-bond donors (Lipinski definition) is 1. The molecule has 2 rings (SSSR count). The Morgan fingerprint density at radius 3 is 2.65 bits per heavy atom. The topological polar surface area (TPSA) is 35.2 Å². The van der Waals surface area contributed by atoms with E-state index in [4.69, 9.17) is 10.5 Å². The van der Waals surface area contributed by atoms with Crippen molar-refractivity contribution in [3.05, 3.63) is 58.6 Å². The summed E-state index contributed by atoms with van der Waals surface area (Å²) in [5.74, 6) is 1.87. The predicted octanol–water partition coefficient (Wildman–Crippen LogP) is 4.12. The third-order valence-corrected chi connectivity index (χ3v) is 4.26. The maximum atomic E-state index is 5.87. The first-order valence-electron chi connectivity index (χ1n) is 6.59. The molecule has 0 aliphatic heterocycles. The zero-order valence-corrected chi connectivity index (χ0v) is 13.6. The van der Waals surface area contributed by atoms with Gasteiger partial charge in [0.25, 0.3) is 0 Å². The van der Waals surface area contributed by atoms with E-state index in [1.165, 1.54) is 4.90 Å². The molecule has 0 saturated heterocycles. The second-order valence-electron chi connectivity index (χ2n) is 4.30. The lowest BCUT2D eigenvalue weighted by molar-refractivity contribution is 0.340. The van der Waals surface area contributed by atoms with Crippen LogP contribution in [0.3, 0.4) is 0 Å². The molecule has 0 radical (unpaired) electrons. The van der Waals surface area contributed by atoms with Crippen LogP contribution in [-0.4, -0.2) is 18.9 Å². The molecule has 0 saturated carbocycles. The van der Waals surface area contributed by atoms with Crippen molar-refractivity contribution in [2.24, 2.45) is 5.73 Å². The molecular weight excluding hydrogens is 334 g/mol. The van der Waals surface area contributed by atoms with E-state index in [0.717, 1.165) is 28.0 Å². The highest BCUT2D eigenvalue weighted by atomic mass is 79.9. The van der Waals surface area contributed by atoms with Gasteiger partial charge in [0.2, 0.25) is 0 Å². The second kappa shape index (κ2) is 8.35. The molecule has 2 nitrogen and oxygen atoms in total. The summed E-state index contributed by atoms with van der Waals surface area (Å²) < 4.78 is 6.93. The summed E-state index contributed by atoms with van der Waals surface area (Å²) in [7, 11) is 0. The van der Waals surface area contributed by atoms with Crippen molar-refractivity contribution in [1.29, 1.82) is 0 Å². The van der Waals surface area contributed by atoms with E-state index in [9.17, 15) is 0 Å². The normalized spacial score (nSPS) is 10.5. The van der Waals surface area contributed by atoms with Crippen LogP contribution in [0.25, 0.3) is 0 Å². The summed E-state index contributed by atoms with van der Waals surface area (Å²) in [5, 5.41) is 0. The Bertz CT molecular complexity index is 533. The zero-order chi connectivity index (χ0) is 14.2. The van der Waals surface area contributed by atoms with Gasteiger partial charge in [0.05, 0.1) is 6.61 Å². The quantitative estimate of drug-likeness (QED) is 0.601. The first kappa shape index (κ1) is 15.4. The summed E-state index contributed by atoms with van der Waals surface area (Å²) in [6.07, 6.45) is 0.834. The van der Waals surface area contributed by atoms with E-state index in [1.54, 1.807) is 11.8 Å². The first-order valence-corrected chi connectivity index (χ1v) is 8.36. The van der Waals surface area contributed by atoms with Crippen LogP contribution in [-0.2, 0) is 6.42 Å². The molecule has 0 spiro atoms. The Labute approximate surface area is 132 Å². The van der Waals surface area contributed by atoms with Crippen molar-refractivity contribution >= 4 is 27.7 Å². The zero-order valence-electron chi connectivity index (χ0n) is 11.2. The van der Waals surface area contributed by atoms with Crippen molar-refractivity contribution in [3.8, 4) is 5.75 Å². The maximum Gasteiger partial charge on any atom is 0.122 e. The van der Waals surface area contributed by atoms with Gasteiger partial charge in [-0.3, -0.25) is 0 Å². The van der Waals surface area contributed by atoms with Gasteiger partial charge in [0.15, 0.2) is 0 Å². The fourth-order valence-electron chi connectivity index (χ4n) is 1.87. The number of hydrogen-bond acceptors (Lipinski definition) is 3. The fourth-order valence-corrected chi connectivity index (χ4v) is 3.03. The molecule has 0 atom stereocenters. The van der Waals surface area contributed by atoms with E-state index in [0.29, 0.717) is 13.2 Å². The molecule has 0 fully saturated rings. The van der Waals surface area contributed by atoms with Crippen molar-refractivity contribution in [1.82, 2.24) is 0 Å². The van der Waals surface area contributed by atoms with Crippen LogP contribution in [0.2, 0.25) is 0 Å². The SMILES string of the molecule is NCCc1cc(Br)ccc1OCCSc1ccccc1. The van der Waals surface area contributed by atoms with Crippen LogP contribution in [0.15, 0.2) is 57.9 Å².